The fraction of sp³-hybridized carbons (Fsp3) is 0. The van der Waals surface area contributed by atoms with Gasteiger partial charge in [-0.05, 0) is 48.0 Å². The molecule has 160 valence electrons. The fourth-order valence-corrected chi connectivity index (χ4v) is 4.55. The highest BCUT2D eigenvalue weighted by molar-refractivity contribution is 7.19. The molecule has 1 amide bonds. The van der Waals surface area contributed by atoms with Gasteiger partial charge in [0.25, 0.3) is 11.6 Å². The van der Waals surface area contributed by atoms with Gasteiger partial charge in [0.1, 0.15) is 0 Å². The van der Waals surface area contributed by atoms with E-state index in [9.17, 15) is 14.9 Å². The molecular weight excluding hydrogens is 493 g/mol. The second-order valence-corrected chi connectivity index (χ2v) is 8.87. The smallest absolute Gasteiger partial charge is 0.269 e. The highest BCUT2D eigenvalue weighted by atomic mass is 35.5. The summed E-state index contributed by atoms with van der Waals surface area (Å²) < 4.78 is 0. The van der Waals surface area contributed by atoms with Crippen molar-refractivity contribution >= 4 is 62.9 Å². The van der Waals surface area contributed by atoms with Gasteiger partial charge in [-0.1, -0.05) is 58.3 Å². The molecule has 4 rings (SSSR count). The predicted octanol–water partition coefficient (Wildman–Crippen LogP) is 7.60. The maximum absolute atomic E-state index is 12.7. The summed E-state index contributed by atoms with van der Waals surface area (Å²) in [5.74, 6) is -0.432. The van der Waals surface area contributed by atoms with E-state index in [0.717, 1.165) is 10.4 Å². The van der Waals surface area contributed by atoms with Crippen LogP contribution in [0.3, 0.4) is 0 Å². The Morgan fingerprint density at radius 3 is 2.16 bits per heavy atom. The molecule has 0 aliphatic heterocycles. The number of anilines is 1. The number of carbonyl (C=O) groups is 1. The van der Waals surface area contributed by atoms with Crippen molar-refractivity contribution in [2.45, 2.75) is 0 Å². The molecule has 0 atom stereocenters. The van der Waals surface area contributed by atoms with Crippen molar-refractivity contribution < 1.29 is 9.72 Å². The maximum atomic E-state index is 12.7. The van der Waals surface area contributed by atoms with Crippen LogP contribution < -0.4 is 5.32 Å². The number of carbonyl (C=O) groups excluding carboxylic acids is 1. The minimum Gasteiger partial charge on any atom is -0.298 e. The standard InChI is InChI=1S/C22H12Cl3N3O3S/c23-14-5-1-13(2-6-14)20-19(12-3-8-16(9-4-12)28(30)31)26-22(32-20)27-21(29)17-10-7-15(24)11-18(17)25/h1-11H,(H,26,27,29). The number of thiazole rings is 1. The number of rotatable bonds is 5. The number of benzene rings is 3. The van der Waals surface area contributed by atoms with Crippen molar-refractivity contribution in [3.05, 3.63) is 97.5 Å². The Labute approximate surface area is 201 Å². The summed E-state index contributed by atoms with van der Waals surface area (Å²) in [5.41, 5.74) is 2.32. The second kappa shape index (κ2) is 9.26. The summed E-state index contributed by atoms with van der Waals surface area (Å²) in [6.45, 7) is 0. The highest BCUT2D eigenvalue weighted by Crippen LogP contribution is 2.40. The molecule has 10 heteroatoms. The second-order valence-electron chi connectivity index (χ2n) is 6.59. The van der Waals surface area contributed by atoms with E-state index in [4.69, 9.17) is 34.8 Å². The molecule has 0 unspecified atom stereocenters. The van der Waals surface area contributed by atoms with Crippen LogP contribution in [0, 0.1) is 10.1 Å². The first-order chi connectivity index (χ1) is 15.3. The van der Waals surface area contributed by atoms with E-state index >= 15 is 0 Å². The molecule has 0 fully saturated rings. The third-order valence-electron chi connectivity index (χ3n) is 4.48. The molecule has 32 heavy (non-hydrogen) atoms. The summed E-state index contributed by atoms with van der Waals surface area (Å²) in [6, 6.07) is 17.8. The monoisotopic (exact) mass is 503 g/mol. The number of hydrogen-bond donors (Lipinski definition) is 1. The largest absolute Gasteiger partial charge is 0.298 e. The molecule has 0 spiro atoms. The number of nitrogens with one attached hydrogen (secondary N) is 1. The van der Waals surface area contributed by atoms with Crippen LogP contribution in [-0.4, -0.2) is 15.8 Å². The van der Waals surface area contributed by atoms with Crippen molar-refractivity contribution in [3.8, 4) is 21.7 Å². The quantitative estimate of drug-likeness (QED) is 0.224. The summed E-state index contributed by atoms with van der Waals surface area (Å²) in [7, 11) is 0. The molecule has 1 heterocycles. The minimum absolute atomic E-state index is 0.0251. The summed E-state index contributed by atoms with van der Waals surface area (Å²) in [5, 5.41) is 15.3. The van der Waals surface area contributed by atoms with Crippen LogP contribution in [0.1, 0.15) is 10.4 Å². The first kappa shape index (κ1) is 22.2. The van der Waals surface area contributed by atoms with Crippen LogP contribution in [0.2, 0.25) is 15.1 Å². The topological polar surface area (TPSA) is 85.1 Å². The van der Waals surface area contributed by atoms with E-state index in [1.165, 1.54) is 35.6 Å². The fourth-order valence-electron chi connectivity index (χ4n) is 2.95. The van der Waals surface area contributed by atoms with E-state index in [2.05, 4.69) is 10.3 Å². The number of nitro groups is 1. The third kappa shape index (κ3) is 4.76. The molecule has 0 bridgehead atoms. The van der Waals surface area contributed by atoms with Crippen molar-refractivity contribution in [1.82, 2.24) is 4.98 Å². The van der Waals surface area contributed by atoms with E-state index in [1.807, 2.05) is 12.1 Å². The lowest BCUT2D eigenvalue weighted by atomic mass is 10.1. The van der Waals surface area contributed by atoms with Gasteiger partial charge in [-0.15, -0.1) is 0 Å². The SMILES string of the molecule is O=C(Nc1nc(-c2ccc([N+](=O)[O-])cc2)c(-c2ccc(Cl)cc2)s1)c1ccc(Cl)cc1Cl. The van der Waals surface area contributed by atoms with E-state index in [1.54, 1.807) is 30.3 Å². The Kier molecular flexibility index (Phi) is 6.43. The zero-order chi connectivity index (χ0) is 22.8. The van der Waals surface area contributed by atoms with Gasteiger partial charge in [0.05, 0.1) is 26.1 Å². The maximum Gasteiger partial charge on any atom is 0.269 e. The number of nitro benzene ring substituents is 1. The number of amides is 1. The van der Waals surface area contributed by atoms with Gasteiger partial charge in [0, 0.05) is 27.7 Å². The average molecular weight is 505 g/mol. The Balaban J connectivity index is 1.74. The Morgan fingerprint density at radius 1 is 0.906 bits per heavy atom. The number of halogens is 3. The molecule has 0 saturated carbocycles. The van der Waals surface area contributed by atoms with Crippen LogP contribution in [0.15, 0.2) is 66.7 Å². The van der Waals surface area contributed by atoms with E-state index in [0.29, 0.717) is 26.4 Å². The molecule has 1 N–H and O–H groups in total. The first-order valence-corrected chi connectivity index (χ1v) is 11.0. The number of hydrogen-bond acceptors (Lipinski definition) is 5. The molecule has 0 saturated heterocycles. The summed E-state index contributed by atoms with van der Waals surface area (Å²) >= 11 is 19.3. The lowest BCUT2D eigenvalue weighted by molar-refractivity contribution is -0.384. The number of aromatic nitrogens is 1. The van der Waals surface area contributed by atoms with Gasteiger partial charge >= 0.3 is 0 Å². The minimum atomic E-state index is -0.466. The zero-order valence-electron chi connectivity index (χ0n) is 16.0. The first-order valence-electron chi connectivity index (χ1n) is 9.10. The molecule has 6 nitrogen and oxygen atoms in total. The molecule has 3 aromatic carbocycles. The summed E-state index contributed by atoms with van der Waals surface area (Å²) in [6.07, 6.45) is 0. The van der Waals surface area contributed by atoms with Crippen LogP contribution in [-0.2, 0) is 0 Å². The average Bonchev–Trinajstić information content (AvgIpc) is 3.17. The van der Waals surface area contributed by atoms with E-state index < -0.39 is 10.8 Å². The van der Waals surface area contributed by atoms with Gasteiger partial charge in [-0.2, -0.15) is 0 Å². The Morgan fingerprint density at radius 2 is 1.53 bits per heavy atom. The van der Waals surface area contributed by atoms with Crippen LogP contribution >= 0.6 is 46.1 Å². The van der Waals surface area contributed by atoms with Gasteiger partial charge < -0.3 is 0 Å². The van der Waals surface area contributed by atoms with Crippen molar-refractivity contribution in [2.24, 2.45) is 0 Å². The third-order valence-corrected chi connectivity index (χ3v) is 6.30. The predicted molar refractivity (Wildman–Crippen MR) is 129 cm³/mol. The lowest BCUT2D eigenvalue weighted by Gasteiger charge is -2.04. The van der Waals surface area contributed by atoms with Crippen molar-refractivity contribution in [1.29, 1.82) is 0 Å². The molecule has 1 aromatic heterocycles. The van der Waals surface area contributed by atoms with Crippen LogP contribution in [0.4, 0.5) is 10.8 Å². The van der Waals surface area contributed by atoms with Gasteiger partial charge in [-0.25, -0.2) is 4.98 Å². The summed E-state index contributed by atoms with van der Waals surface area (Å²) in [4.78, 5) is 28.6. The van der Waals surface area contributed by atoms with Crippen LogP contribution in [0.5, 0.6) is 0 Å². The van der Waals surface area contributed by atoms with Crippen LogP contribution in [0.25, 0.3) is 21.7 Å². The molecule has 0 radical (unpaired) electrons. The Hall–Kier alpha value is -2.97. The molecule has 4 aromatic rings. The molecular formula is C22H12Cl3N3O3S. The van der Waals surface area contributed by atoms with Gasteiger partial charge in [-0.3, -0.25) is 20.2 Å². The Bertz CT molecular complexity index is 1320. The van der Waals surface area contributed by atoms with Gasteiger partial charge in [0.15, 0.2) is 5.13 Å². The molecule has 0 aliphatic rings. The van der Waals surface area contributed by atoms with E-state index in [-0.39, 0.29) is 16.3 Å². The van der Waals surface area contributed by atoms with Gasteiger partial charge in [0.2, 0.25) is 0 Å². The van der Waals surface area contributed by atoms with Crippen molar-refractivity contribution in [3.63, 3.8) is 0 Å². The molecule has 0 aliphatic carbocycles. The highest BCUT2D eigenvalue weighted by Gasteiger charge is 2.19. The lowest BCUT2D eigenvalue weighted by Crippen LogP contribution is -2.12. The number of nitrogens with zero attached hydrogens (tertiary/aromatic N) is 2. The zero-order valence-corrected chi connectivity index (χ0v) is 19.1. The van der Waals surface area contributed by atoms with Crippen molar-refractivity contribution in [2.75, 3.05) is 5.32 Å². The normalized spacial score (nSPS) is 10.7. The number of non-ortho nitro benzene ring substituents is 1.